The van der Waals surface area contributed by atoms with Gasteiger partial charge in [0.25, 0.3) is 0 Å². The summed E-state index contributed by atoms with van der Waals surface area (Å²) < 4.78 is 22.8. The Balaban J connectivity index is 2.01. The van der Waals surface area contributed by atoms with Gasteiger partial charge in [0.2, 0.25) is 0 Å². The number of nitrogens with one attached hydrogen (secondary N) is 1. The average molecular weight is 260 g/mol. The molecule has 2 heterocycles. The van der Waals surface area contributed by atoms with Crippen molar-refractivity contribution in [1.29, 1.82) is 0 Å². The molecule has 2 rings (SSSR count). The molecule has 0 amide bonds. The summed E-state index contributed by atoms with van der Waals surface area (Å²) in [7, 11) is -2.82. The molecule has 6 heteroatoms. The van der Waals surface area contributed by atoms with Crippen LogP contribution in [0, 0.1) is 5.92 Å². The highest BCUT2D eigenvalue weighted by molar-refractivity contribution is 7.91. The first-order chi connectivity index (χ1) is 7.61. The Morgan fingerprint density at radius 3 is 2.94 bits per heavy atom. The lowest BCUT2D eigenvalue weighted by atomic mass is 9.96. The molecule has 0 aromatic carbocycles. The Kier molecular flexibility index (Phi) is 3.63. The van der Waals surface area contributed by atoms with Gasteiger partial charge in [0, 0.05) is 10.9 Å². The first kappa shape index (κ1) is 12.0. The van der Waals surface area contributed by atoms with Crippen LogP contribution in [0.5, 0.6) is 0 Å². The van der Waals surface area contributed by atoms with Gasteiger partial charge in [-0.25, -0.2) is 8.42 Å². The minimum Gasteiger partial charge on any atom is -0.271 e. The molecule has 4 nitrogen and oxygen atoms in total. The van der Waals surface area contributed by atoms with Crippen molar-refractivity contribution < 1.29 is 8.42 Å². The van der Waals surface area contributed by atoms with E-state index in [-0.39, 0.29) is 17.7 Å². The van der Waals surface area contributed by atoms with Crippen molar-refractivity contribution in [3.63, 3.8) is 0 Å². The maximum absolute atomic E-state index is 11.4. The SMILES string of the molecule is NNC(Cc1cccs1)C1CCS(=O)(=O)C1. The lowest BCUT2D eigenvalue weighted by molar-refractivity contribution is 0.387. The topological polar surface area (TPSA) is 72.2 Å². The molecule has 1 aromatic rings. The summed E-state index contributed by atoms with van der Waals surface area (Å²) in [6.07, 6.45) is 1.54. The number of hydrazine groups is 1. The van der Waals surface area contributed by atoms with Crippen LogP contribution in [-0.4, -0.2) is 26.0 Å². The number of sulfone groups is 1. The molecule has 1 aliphatic heterocycles. The van der Waals surface area contributed by atoms with Crippen molar-refractivity contribution in [3.8, 4) is 0 Å². The maximum atomic E-state index is 11.4. The zero-order chi connectivity index (χ0) is 11.6. The molecule has 0 bridgehead atoms. The molecule has 0 aliphatic carbocycles. The molecular weight excluding hydrogens is 244 g/mol. The number of thiophene rings is 1. The Morgan fingerprint density at radius 2 is 2.44 bits per heavy atom. The van der Waals surface area contributed by atoms with Crippen LogP contribution in [0.4, 0.5) is 0 Å². The van der Waals surface area contributed by atoms with Crippen LogP contribution < -0.4 is 11.3 Å². The van der Waals surface area contributed by atoms with E-state index in [2.05, 4.69) is 11.5 Å². The molecule has 90 valence electrons. The van der Waals surface area contributed by atoms with Gasteiger partial charge in [-0.05, 0) is 30.2 Å². The zero-order valence-electron chi connectivity index (χ0n) is 8.93. The van der Waals surface area contributed by atoms with Crippen LogP contribution in [-0.2, 0) is 16.3 Å². The van der Waals surface area contributed by atoms with Gasteiger partial charge in [0.05, 0.1) is 11.5 Å². The highest BCUT2D eigenvalue weighted by Gasteiger charge is 2.33. The summed E-state index contributed by atoms with van der Waals surface area (Å²) >= 11 is 1.68. The molecule has 0 radical (unpaired) electrons. The van der Waals surface area contributed by atoms with E-state index < -0.39 is 9.84 Å². The number of nitrogens with two attached hydrogens (primary N) is 1. The summed E-state index contributed by atoms with van der Waals surface area (Å²) in [4.78, 5) is 1.24. The average Bonchev–Trinajstić information content (AvgIpc) is 2.83. The molecule has 1 fully saturated rings. The fraction of sp³-hybridized carbons (Fsp3) is 0.600. The third-order valence-electron chi connectivity index (χ3n) is 3.05. The van der Waals surface area contributed by atoms with Crippen LogP contribution >= 0.6 is 11.3 Å². The molecule has 0 spiro atoms. The number of hydrogen-bond acceptors (Lipinski definition) is 5. The summed E-state index contributed by atoms with van der Waals surface area (Å²) in [5.41, 5.74) is 2.76. The Morgan fingerprint density at radius 1 is 1.62 bits per heavy atom. The van der Waals surface area contributed by atoms with Crippen LogP contribution in [0.3, 0.4) is 0 Å². The van der Waals surface area contributed by atoms with Crippen molar-refractivity contribution in [2.45, 2.75) is 18.9 Å². The second-order valence-corrected chi connectivity index (χ2v) is 7.48. The molecule has 2 unspecified atom stereocenters. The van der Waals surface area contributed by atoms with Gasteiger partial charge in [-0.2, -0.15) is 0 Å². The predicted molar refractivity (Wildman–Crippen MR) is 65.9 cm³/mol. The molecule has 1 aromatic heterocycles. The third kappa shape index (κ3) is 2.82. The van der Waals surface area contributed by atoms with Crippen LogP contribution in [0.2, 0.25) is 0 Å². The lowest BCUT2D eigenvalue weighted by Gasteiger charge is -2.20. The first-order valence-corrected chi connectivity index (χ1v) is 8.00. The Hall–Kier alpha value is -0.430. The van der Waals surface area contributed by atoms with E-state index >= 15 is 0 Å². The Labute approximate surface area is 99.7 Å². The van der Waals surface area contributed by atoms with E-state index in [0.29, 0.717) is 5.75 Å². The van der Waals surface area contributed by atoms with E-state index in [1.165, 1.54) is 4.88 Å². The van der Waals surface area contributed by atoms with Crippen molar-refractivity contribution in [2.75, 3.05) is 11.5 Å². The number of hydrogen-bond donors (Lipinski definition) is 2. The fourth-order valence-electron chi connectivity index (χ4n) is 2.15. The van der Waals surface area contributed by atoms with Crippen LogP contribution in [0.1, 0.15) is 11.3 Å². The van der Waals surface area contributed by atoms with E-state index in [0.717, 1.165) is 12.8 Å². The molecule has 16 heavy (non-hydrogen) atoms. The lowest BCUT2D eigenvalue weighted by Crippen LogP contribution is -2.42. The maximum Gasteiger partial charge on any atom is 0.150 e. The number of rotatable bonds is 4. The van der Waals surface area contributed by atoms with Gasteiger partial charge >= 0.3 is 0 Å². The molecule has 3 N–H and O–H groups in total. The minimum atomic E-state index is -2.82. The normalized spacial score (nSPS) is 25.7. The van der Waals surface area contributed by atoms with Gasteiger partial charge < -0.3 is 0 Å². The molecular formula is C10H16N2O2S2. The van der Waals surface area contributed by atoms with Gasteiger partial charge in [0.15, 0.2) is 9.84 Å². The van der Waals surface area contributed by atoms with E-state index in [9.17, 15) is 8.42 Å². The van der Waals surface area contributed by atoms with E-state index in [1.807, 2.05) is 11.4 Å². The first-order valence-electron chi connectivity index (χ1n) is 5.29. The van der Waals surface area contributed by atoms with Gasteiger partial charge in [-0.15, -0.1) is 11.3 Å². The third-order valence-corrected chi connectivity index (χ3v) is 5.74. The molecule has 1 aliphatic rings. The van der Waals surface area contributed by atoms with E-state index in [4.69, 9.17) is 5.84 Å². The predicted octanol–water partition coefficient (Wildman–Crippen LogP) is 0.557. The Bertz CT molecular complexity index is 428. The summed E-state index contributed by atoms with van der Waals surface area (Å²) in [6, 6.07) is 4.12. The smallest absolute Gasteiger partial charge is 0.150 e. The fourth-order valence-corrected chi connectivity index (χ4v) is 4.79. The second kappa shape index (κ2) is 4.83. The summed E-state index contributed by atoms with van der Waals surface area (Å²) in [5.74, 6) is 6.24. The highest BCUT2D eigenvalue weighted by atomic mass is 32.2. The quantitative estimate of drug-likeness (QED) is 0.613. The largest absolute Gasteiger partial charge is 0.271 e. The van der Waals surface area contributed by atoms with Crippen molar-refractivity contribution >= 4 is 21.2 Å². The standard InChI is InChI=1S/C10H16N2O2S2/c11-12-10(6-9-2-1-4-15-9)8-3-5-16(13,14)7-8/h1-2,4,8,10,12H,3,5-7,11H2. The van der Waals surface area contributed by atoms with Crippen molar-refractivity contribution in [3.05, 3.63) is 22.4 Å². The highest BCUT2D eigenvalue weighted by Crippen LogP contribution is 2.24. The molecule has 1 saturated heterocycles. The molecule has 0 saturated carbocycles. The van der Waals surface area contributed by atoms with Gasteiger partial charge in [-0.3, -0.25) is 11.3 Å². The zero-order valence-corrected chi connectivity index (χ0v) is 10.6. The minimum absolute atomic E-state index is 0.0657. The van der Waals surface area contributed by atoms with Crippen molar-refractivity contribution in [1.82, 2.24) is 5.43 Å². The van der Waals surface area contributed by atoms with Crippen LogP contribution in [0.15, 0.2) is 17.5 Å². The van der Waals surface area contributed by atoms with Gasteiger partial charge in [0.1, 0.15) is 0 Å². The van der Waals surface area contributed by atoms with Crippen molar-refractivity contribution in [2.24, 2.45) is 11.8 Å². The summed E-state index contributed by atoms with van der Waals surface area (Å²) in [6.45, 7) is 0. The van der Waals surface area contributed by atoms with Gasteiger partial charge in [-0.1, -0.05) is 6.07 Å². The second-order valence-electron chi connectivity index (χ2n) is 4.22. The monoisotopic (exact) mass is 260 g/mol. The molecule has 2 atom stereocenters. The summed E-state index contributed by atoms with van der Waals surface area (Å²) in [5, 5.41) is 2.02. The van der Waals surface area contributed by atoms with Crippen LogP contribution in [0.25, 0.3) is 0 Å². The van der Waals surface area contributed by atoms with E-state index in [1.54, 1.807) is 11.3 Å².